The summed E-state index contributed by atoms with van der Waals surface area (Å²) in [6, 6.07) is 10.7. The summed E-state index contributed by atoms with van der Waals surface area (Å²) in [5.41, 5.74) is 0.716. The number of nitrogens with zero attached hydrogens (tertiary/aromatic N) is 3. The van der Waals surface area contributed by atoms with Crippen molar-refractivity contribution in [1.29, 1.82) is 0 Å². The summed E-state index contributed by atoms with van der Waals surface area (Å²) >= 11 is 0. The molecule has 0 bridgehead atoms. The minimum atomic E-state index is -0.224. The topological polar surface area (TPSA) is 95.3 Å². The molecule has 0 aliphatic carbocycles. The van der Waals surface area contributed by atoms with Crippen molar-refractivity contribution in [3.63, 3.8) is 0 Å². The fraction of sp³-hybridized carbons (Fsp3) is 0.409. The predicted octanol–water partition coefficient (Wildman–Crippen LogP) is 0.969. The van der Waals surface area contributed by atoms with E-state index in [1.165, 1.54) is 6.26 Å². The lowest BCUT2D eigenvalue weighted by Crippen LogP contribution is -2.51. The second-order valence-corrected chi connectivity index (χ2v) is 7.51. The van der Waals surface area contributed by atoms with Gasteiger partial charge < -0.3 is 24.3 Å². The van der Waals surface area contributed by atoms with Crippen LogP contribution in [0.3, 0.4) is 0 Å². The number of hydrogen-bond acceptors (Lipinski definition) is 6. The SMILES string of the molecule is O=C(NCCN1CCN(C(=O)CCN2C(=O)COc3ccccc32)CC1)c1ccco1. The molecule has 1 N–H and O–H groups in total. The highest BCUT2D eigenvalue weighted by atomic mass is 16.5. The monoisotopic (exact) mass is 426 g/mol. The van der Waals surface area contributed by atoms with Crippen molar-refractivity contribution in [2.75, 3.05) is 57.3 Å². The Morgan fingerprint density at radius 3 is 2.58 bits per heavy atom. The van der Waals surface area contributed by atoms with Gasteiger partial charge in [0.25, 0.3) is 11.8 Å². The van der Waals surface area contributed by atoms with Gasteiger partial charge >= 0.3 is 0 Å². The molecule has 3 heterocycles. The van der Waals surface area contributed by atoms with E-state index in [1.54, 1.807) is 17.0 Å². The van der Waals surface area contributed by atoms with Gasteiger partial charge in [-0.3, -0.25) is 19.3 Å². The first kappa shape index (κ1) is 20.9. The number of benzene rings is 1. The molecule has 2 aliphatic rings. The molecule has 0 spiro atoms. The molecule has 9 nitrogen and oxygen atoms in total. The van der Waals surface area contributed by atoms with Gasteiger partial charge in [-0.25, -0.2) is 0 Å². The van der Waals surface area contributed by atoms with Crippen LogP contribution in [0.1, 0.15) is 17.0 Å². The summed E-state index contributed by atoms with van der Waals surface area (Å²) in [6.07, 6.45) is 1.75. The van der Waals surface area contributed by atoms with Gasteiger partial charge in [0.15, 0.2) is 12.4 Å². The van der Waals surface area contributed by atoms with Crippen molar-refractivity contribution in [3.05, 3.63) is 48.4 Å². The lowest BCUT2D eigenvalue weighted by Gasteiger charge is -2.35. The third kappa shape index (κ3) is 5.05. The number of hydrogen-bond donors (Lipinski definition) is 1. The predicted molar refractivity (Wildman–Crippen MR) is 113 cm³/mol. The first-order chi connectivity index (χ1) is 15.1. The van der Waals surface area contributed by atoms with Gasteiger partial charge in [0.05, 0.1) is 12.0 Å². The number of para-hydroxylation sites is 2. The van der Waals surface area contributed by atoms with Crippen molar-refractivity contribution in [1.82, 2.24) is 15.1 Å². The minimum absolute atomic E-state index is 0.000335. The Labute approximate surface area is 180 Å². The van der Waals surface area contributed by atoms with E-state index in [1.807, 2.05) is 29.2 Å². The van der Waals surface area contributed by atoms with Crippen LogP contribution in [0.2, 0.25) is 0 Å². The van der Waals surface area contributed by atoms with Gasteiger partial charge in [0.1, 0.15) is 5.75 Å². The Morgan fingerprint density at radius 1 is 1.00 bits per heavy atom. The summed E-state index contributed by atoms with van der Waals surface area (Å²) in [7, 11) is 0. The molecular weight excluding hydrogens is 400 g/mol. The first-order valence-corrected chi connectivity index (χ1v) is 10.5. The van der Waals surface area contributed by atoms with Gasteiger partial charge in [-0.15, -0.1) is 0 Å². The first-order valence-electron chi connectivity index (χ1n) is 10.5. The van der Waals surface area contributed by atoms with Crippen molar-refractivity contribution in [3.8, 4) is 5.75 Å². The van der Waals surface area contributed by atoms with Gasteiger partial charge in [-0.05, 0) is 24.3 Å². The van der Waals surface area contributed by atoms with Crippen LogP contribution < -0.4 is 15.0 Å². The van der Waals surface area contributed by atoms with E-state index >= 15 is 0 Å². The third-order valence-corrected chi connectivity index (χ3v) is 5.54. The molecule has 0 saturated carbocycles. The summed E-state index contributed by atoms with van der Waals surface area (Å²) in [6.45, 7) is 4.36. The molecule has 1 aromatic carbocycles. The van der Waals surface area contributed by atoms with Gasteiger partial charge in [0, 0.05) is 52.2 Å². The third-order valence-electron chi connectivity index (χ3n) is 5.54. The van der Waals surface area contributed by atoms with E-state index in [9.17, 15) is 14.4 Å². The summed E-state index contributed by atoms with van der Waals surface area (Å²) in [5.74, 6) is 0.660. The number of piperazine rings is 1. The summed E-state index contributed by atoms with van der Waals surface area (Å²) < 4.78 is 10.5. The maximum Gasteiger partial charge on any atom is 0.287 e. The number of nitrogens with one attached hydrogen (secondary N) is 1. The Hall–Kier alpha value is -3.33. The molecular formula is C22H26N4O5. The zero-order valence-electron chi connectivity index (χ0n) is 17.3. The Balaban J connectivity index is 1.18. The van der Waals surface area contributed by atoms with Gasteiger partial charge in [-0.1, -0.05) is 12.1 Å². The van der Waals surface area contributed by atoms with Crippen LogP contribution in [-0.4, -0.2) is 79.9 Å². The molecule has 31 heavy (non-hydrogen) atoms. The average molecular weight is 426 g/mol. The van der Waals surface area contributed by atoms with E-state index in [0.29, 0.717) is 49.9 Å². The molecule has 4 rings (SSSR count). The van der Waals surface area contributed by atoms with Crippen LogP contribution in [0.4, 0.5) is 5.69 Å². The molecule has 1 saturated heterocycles. The van der Waals surface area contributed by atoms with E-state index in [2.05, 4.69) is 10.2 Å². The largest absolute Gasteiger partial charge is 0.482 e. The highest BCUT2D eigenvalue weighted by Gasteiger charge is 2.27. The van der Waals surface area contributed by atoms with Crippen LogP contribution in [0.25, 0.3) is 0 Å². The molecule has 0 unspecified atom stereocenters. The number of furan rings is 1. The van der Waals surface area contributed by atoms with E-state index in [-0.39, 0.29) is 30.7 Å². The van der Waals surface area contributed by atoms with E-state index in [0.717, 1.165) is 13.1 Å². The number of rotatable bonds is 7. The van der Waals surface area contributed by atoms with Gasteiger partial charge in [-0.2, -0.15) is 0 Å². The van der Waals surface area contributed by atoms with Crippen LogP contribution >= 0.6 is 0 Å². The highest BCUT2D eigenvalue weighted by molar-refractivity contribution is 5.98. The van der Waals surface area contributed by atoms with Crippen molar-refractivity contribution in [2.24, 2.45) is 0 Å². The molecule has 0 atom stereocenters. The van der Waals surface area contributed by atoms with Crippen molar-refractivity contribution < 1.29 is 23.5 Å². The highest BCUT2D eigenvalue weighted by Crippen LogP contribution is 2.31. The summed E-state index contributed by atoms with van der Waals surface area (Å²) in [4.78, 5) is 42.5. The Morgan fingerprint density at radius 2 is 1.81 bits per heavy atom. The number of amides is 3. The molecule has 1 aromatic heterocycles. The zero-order valence-corrected chi connectivity index (χ0v) is 17.3. The number of ether oxygens (including phenoxy) is 1. The minimum Gasteiger partial charge on any atom is -0.482 e. The second-order valence-electron chi connectivity index (χ2n) is 7.51. The molecule has 0 radical (unpaired) electrons. The van der Waals surface area contributed by atoms with Gasteiger partial charge in [0.2, 0.25) is 5.91 Å². The number of fused-ring (bicyclic) bond motifs is 1. The molecule has 164 valence electrons. The Bertz CT molecular complexity index is 922. The van der Waals surface area contributed by atoms with E-state index in [4.69, 9.17) is 9.15 Å². The lowest BCUT2D eigenvalue weighted by atomic mass is 10.2. The maximum absolute atomic E-state index is 12.7. The van der Waals surface area contributed by atoms with Crippen LogP contribution in [-0.2, 0) is 9.59 Å². The normalized spacial score (nSPS) is 16.6. The van der Waals surface area contributed by atoms with Crippen molar-refractivity contribution >= 4 is 23.4 Å². The second kappa shape index (κ2) is 9.65. The Kier molecular flexibility index (Phi) is 6.51. The lowest BCUT2D eigenvalue weighted by molar-refractivity contribution is -0.132. The average Bonchev–Trinajstić information content (AvgIpc) is 3.34. The number of carbonyl (C=O) groups excluding carboxylic acids is 3. The number of anilines is 1. The zero-order chi connectivity index (χ0) is 21.6. The van der Waals surface area contributed by atoms with Crippen LogP contribution in [0.15, 0.2) is 47.1 Å². The fourth-order valence-corrected chi connectivity index (χ4v) is 3.81. The van der Waals surface area contributed by atoms with E-state index < -0.39 is 0 Å². The number of carbonyl (C=O) groups is 3. The van der Waals surface area contributed by atoms with Crippen LogP contribution in [0.5, 0.6) is 5.75 Å². The molecule has 2 aliphatic heterocycles. The molecule has 9 heteroatoms. The molecule has 1 fully saturated rings. The quantitative estimate of drug-likeness (QED) is 0.709. The van der Waals surface area contributed by atoms with Crippen LogP contribution in [0, 0.1) is 0 Å². The molecule has 3 amide bonds. The standard InChI is InChI=1S/C22H26N4O5/c27-20(7-9-26-17-4-1-2-5-18(17)31-16-21(26)28)25-13-11-24(12-14-25)10-8-23-22(29)19-6-3-15-30-19/h1-6,15H,7-14,16H2,(H,23,29). The van der Waals surface area contributed by atoms with Crippen molar-refractivity contribution in [2.45, 2.75) is 6.42 Å². The fourth-order valence-electron chi connectivity index (χ4n) is 3.81. The molecule has 2 aromatic rings. The summed E-state index contributed by atoms with van der Waals surface area (Å²) in [5, 5.41) is 2.83. The maximum atomic E-state index is 12.7. The smallest absolute Gasteiger partial charge is 0.287 e.